The lowest BCUT2D eigenvalue weighted by Gasteiger charge is -2.24. The molecule has 0 saturated carbocycles. The Morgan fingerprint density at radius 1 is 1.29 bits per heavy atom. The Kier molecular flexibility index (Phi) is 7.99. The number of hydrogen-bond donors (Lipinski definition) is 4. The van der Waals surface area contributed by atoms with Gasteiger partial charge < -0.3 is 15.7 Å². The predicted molar refractivity (Wildman–Crippen MR) is 69.9 cm³/mol. The van der Waals surface area contributed by atoms with Gasteiger partial charge in [0.25, 0.3) is 0 Å². The van der Waals surface area contributed by atoms with Crippen molar-refractivity contribution in [1.82, 2.24) is 10.6 Å². The van der Waals surface area contributed by atoms with Crippen LogP contribution in [0.1, 0.15) is 27.2 Å². The molecule has 0 bridgehead atoms. The highest BCUT2D eigenvalue weighted by atomic mass is 32.1. The lowest BCUT2D eigenvalue weighted by molar-refractivity contribution is -0.128. The van der Waals surface area contributed by atoms with E-state index in [1.807, 2.05) is 13.8 Å². The van der Waals surface area contributed by atoms with E-state index in [4.69, 9.17) is 5.11 Å². The average molecular weight is 262 g/mol. The quantitative estimate of drug-likeness (QED) is 0.486. The SMILES string of the molecule is CC(=O)NC(CS)C(=O)NC(CCO)C(C)C. The van der Waals surface area contributed by atoms with E-state index < -0.39 is 6.04 Å². The maximum atomic E-state index is 11.8. The highest BCUT2D eigenvalue weighted by Crippen LogP contribution is 2.06. The molecule has 0 radical (unpaired) electrons. The number of aliphatic hydroxyl groups is 1. The molecular formula is C11H22N2O3S. The zero-order valence-electron chi connectivity index (χ0n) is 10.6. The minimum Gasteiger partial charge on any atom is -0.396 e. The minimum absolute atomic E-state index is 0.0226. The molecule has 0 spiro atoms. The Balaban J connectivity index is 4.40. The van der Waals surface area contributed by atoms with E-state index in [-0.39, 0.29) is 36.1 Å². The molecule has 0 rings (SSSR count). The molecular weight excluding hydrogens is 240 g/mol. The molecule has 0 aromatic rings. The summed E-state index contributed by atoms with van der Waals surface area (Å²) in [5.74, 6) is -0.0520. The first-order valence-corrected chi connectivity index (χ1v) is 6.34. The van der Waals surface area contributed by atoms with Gasteiger partial charge in [-0.1, -0.05) is 13.8 Å². The van der Waals surface area contributed by atoms with Gasteiger partial charge in [-0.25, -0.2) is 0 Å². The van der Waals surface area contributed by atoms with E-state index in [0.29, 0.717) is 6.42 Å². The van der Waals surface area contributed by atoms with E-state index in [1.165, 1.54) is 6.92 Å². The number of rotatable bonds is 7. The van der Waals surface area contributed by atoms with Gasteiger partial charge in [0.2, 0.25) is 11.8 Å². The molecule has 0 fully saturated rings. The molecule has 0 aliphatic heterocycles. The third-order valence-electron chi connectivity index (χ3n) is 2.45. The van der Waals surface area contributed by atoms with Crippen LogP contribution in [0.2, 0.25) is 0 Å². The number of nitrogens with one attached hydrogen (secondary N) is 2. The number of hydrogen-bond acceptors (Lipinski definition) is 4. The summed E-state index contributed by atoms with van der Waals surface area (Å²) in [5, 5.41) is 14.2. The number of carbonyl (C=O) groups excluding carboxylic acids is 2. The smallest absolute Gasteiger partial charge is 0.243 e. The summed E-state index contributed by atoms with van der Waals surface area (Å²) in [7, 11) is 0. The second-order valence-electron chi connectivity index (χ2n) is 4.31. The third kappa shape index (κ3) is 6.53. The van der Waals surface area contributed by atoms with Crippen LogP contribution in [0.5, 0.6) is 0 Å². The Bertz CT molecular complexity index is 259. The fourth-order valence-corrected chi connectivity index (χ4v) is 1.69. The number of carbonyl (C=O) groups is 2. The van der Waals surface area contributed by atoms with Crippen molar-refractivity contribution in [3.8, 4) is 0 Å². The third-order valence-corrected chi connectivity index (χ3v) is 2.81. The van der Waals surface area contributed by atoms with Crippen LogP contribution in [0.3, 0.4) is 0 Å². The number of amides is 2. The first kappa shape index (κ1) is 16.2. The summed E-state index contributed by atoms with van der Waals surface area (Å²) in [6, 6.07) is -0.723. The van der Waals surface area contributed by atoms with Gasteiger partial charge in [-0.05, 0) is 12.3 Å². The second kappa shape index (κ2) is 8.36. The molecule has 0 aromatic carbocycles. The lowest BCUT2D eigenvalue weighted by Crippen LogP contribution is -2.51. The molecule has 0 aliphatic rings. The molecule has 2 unspecified atom stereocenters. The summed E-state index contributed by atoms with van der Waals surface area (Å²) < 4.78 is 0. The fourth-order valence-electron chi connectivity index (χ4n) is 1.43. The maximum Gasteiger partial charge on any atom is 0.243 e. The van der Waals surface area contributed by atoms with Gasteiger partial charge in [-0.2, -0.15) is 12.6 Å². The normalized spacial score (nSPS) is 14.2. The van der Waals surface area contributed by atoms with Gasteiger partial charge >= 0.3 is 0 Å². The van der Waals surface area contributed by atoms with Crippen molar-refractivity contribution in [2.45, 2.75) is 39.3 Å². The van der Waals surface area contributed by atoms with Crippen LogP contribution < -0.4 is 10.6 Å². The largest absolute Gasteiger partial charge is 0.396 e. The molecule has 0 aromatic heterocycles. The summed E-state index contributed by atoms with van der Waals surface area (Å²) in [6.07, 6.45) is 0.503. The standard InChI is InChI=1S/C11H22N2O3S/c1-7(2)9(4-5-14)13-11(16)10(6-17)12-8(3)15/h7,9-10,14,17H,4-6H2,1-3H3,(H,12,15)(H,13,16). The van der Waals surface area contributed by atoms with Gasteiger partial charge in [0, 0.05) is 25.3 Å². The fraction of sp³-hybridized carbons (Fsp3) is 0.818. The van der Waals surface area contributed by atoms with Crippen molar-refractivity contribution in [2.24, 2.45) is 5.92 Å². The highest BCUT2D eigenvalue weighted by Gasteiger charge is 2.22. The van der Waals surface area contributed by atoms with Crippen molar-refractivity contribution in [3.05, 3.63) is 0 Å². The highest BCUT2D eigenvalue weighted by molar-refractivity contribution is 7.80. The van der Waals surface area contributed by atoms with Crippen LogP contribution in [-0.4, -0.2) is 41.4 Å². The molecule has 2 atom stereocenters. The van der Waals surface area contributed by atoms with Crippen LogP contribution in [0.4, 0.5) is 0 Å². The average Bonchev–Trinajstić information content (AvgIpc) is 2.24. The van der Waals surface area contributed by atoms with Crippen LogP contribution in [0.15, 0.2) is 0 Å². The Labute approximate surface area is 108 Å². The van der Waals surface area contributed by atoms with Gasteiger partial charge in [0.1, 0.15) is 6.04 Å². The first-order valence-electron chi connectivity index (χ1n) is 5.71. The van der Waals surface area contributed by atoms with Gasteiger partial charge in [-0.3, -0.25) is 9.59 Å². The van der Waals surface area contributed by atoms with Gasteiger partial charge in [0.15, 0.2) is 0 Å². The predicted octanol–water partition coefficient (Wildman–Crippen LogP) is -0.0559. The van der Waals surface area contributed by atoms with Gasteiger partial charge in [-0.15, -0.1) is 0 Å². The Morgan fingerprint density at radius 3 is 2.24 bits per heavy atom. The topological polar surface area (TPSA) is 78.4 Å². The zero-order valence-corrected chi connectivity index (χ0v) is 11.5. The molecule has 3 N–H and O–H groups in total. The summed E-state index contributed by atoms with van der Waals surface area (Å²) in [5.41, 5.74) is 0. The van der Waals surface area contributed by atoms with E-state index in [0.717, 1.165) is 0 Å². The Morgan fingerprint density at radius 2 is 1.88 bits per heavy atom. The van der Waals surface area contributed by atoms with Gasteiger partial charge in [0.05, 0.1) is 0 Å². The summed E-state index contributed by atoms with van der Waals surface area (Å²) in [4.78, 5) is 22.7. The van der Waals surface area contributed by atoms with Crippen LogP contribution in [0.25, 0.3) is 0 Å². The molecule has 17 heavy (non-hydrogen) atoms. The van der Waals surface area contributed by atoms with Crippen molar-refractivity contribution in [2.75, 3.05) is 12.4 Å². The molecule has 5 nitrogen and oxygen atoms in total. The monoisotopic (exact) mass is 262 g/mol. The molecule has 6 heteroatoms. The van der Waals surface area contributed by atoms with Crippen LogP contribution in [-0.2, 0) is 9.59 Å². The number of thiol groups is 1. The van der Waals surface area contributed by atoms with Crippen LogP contribution in [0, 0.1) is 5.92 Å². The summed E-state index contributed by atoms with van der Waals surface area (Å²) >= 11 is 4.03. The van der Waals surface area contributed by atoms with Crippen LogP contribution >= 0.6 is 12.6 Å². The van der Waals surface area contributed by atoms with Crippen molar-refractivity contribution in [1.29, 1.82) is 0 Å². The van der Waals surface area contributed by atoms with E-state index in [9.17, 15) is 9.59 Å². The second-order valence-corrected chi connectivity index (χ2v) is 4.67. The maximum absolute atomic E-state index is 11.8. The molecule has 2 amide bonds. The molecule has 0 aliphatic carbocycles. The van der Waals surface area contributed by atoms with E-state index >= 15 is 0 Å². The first-order chi connectivity index (χ1) is 7.92. The van der Waals surface area contributed by atoms with Crippen molar-refractivity contribution >= 4 is 24.4 Å². The molecule has 100 valence electrons. The molecule has 0 heterocycles. The Hall–Kier alpha value is -0.750. The van der Waals surface area contributed by atoms with Crippen molar-refractivity contribution < 1.29 is 14.7 Å². The van der Waals surface area contributed by atoms with Crippen molar-refractivity contribution in [3.63, 3.8) is 0 Å². The zero-order chi connectivity index (χ0) is 13.4. The molecule has 0 saturated heterocycles. The summed E-state index contributed by atoms with van der Waals surface area (Å²) in [6.45, 7) is 5.32. The lowest BCUT2D eigenvalue weighted by atomic mass is 10.0. The van der Waals surface area contributed by atoms with E-state index in [1.54, 1.807) is 0 Å². The minimum atomic E-state index is -0.629. The van der Waals surface area contributed by atoms with E-state index in [2.05, 4.69) is 23.3 Å². The number of aliphatic hydroxyl groups excluding tert-OH is 1.